The van der Waals surface area contributed by atoms with Crippen LogP contribution in [0.3, 0.4) is 0 Å². The Hall–Kier alpha value is -0.653. The van der Waals surface area contributed by atoms with Crippen molar-refractivity contribution in [1.29, 1.82) is 0 Å². The largest absolute Gasteiger partial charge is 0.544 e. The second kappa shape index (κ2) is 7.06. The Kier molecular flexibility index (Phi) is 6.81. The lowest BCUT2D eigenvalue weighted by Gasteiger charge is -2.19. The van der Waals surface area contributed by atoms with Gasteiger partial charge in [0, 0.05) is 12.5 Å². The average Bonchev–Trinajstić information content (AvgIpc) is 2.15. The minimum absolute atomic E-state index is 0. The first-order valence-electron chi connectivity index (χ1n) is 5.60. The molecule has 0 aliphatic carbocycles. The molecule has 0 aromatic heterocycles. The summed E-state index contributed by atoms with van der Waals surface area (Å²) in [5.41, 5.74) is 6.38. The third-order valence-corrected chi connectivity index (χ3v) is 3.01. The van der Waals surface area contributed by atoms with E-state index < -0.39 is 20.8 Å². The molecule has 1 aromatic rings. The lowest BCUT2D eigenvalue weighted by atomic mass is 10.1. The molecule has 1 atom stereocenters. The molecule has 0 radical (unpaired) electrons. The first-order valence-corrected chi connectivity index (χ1v) is 9.01. The standard InChI is InChI=1S/C12H19F2NOSi.ClH/c1-17(2,3)16-10-6-4-9(5-7-10)11(15)8-12(13)14;/h4-7,11-12H,8,15H2,1-3H3;1H/t11-;/m1./s1. The maximum Gasteiger partial charge on any atom is 0.242 e. The summed E-state index contributed by atoms with van der Waals surface area (Å²) < 4.78 is 30.1. The molecular weight excluding hydrogens is 276 g/mol. The van der Waals surface area contributed by atoms with Crippen LogP contribution in [-0.2, 0) is 0 Å². The van der Waals surface area contributed by atoms with Crippen LogP contribution in [0.2, 0.25) is 19.6 Å². The summed E-state index contributed by atoms with van der Waals surface area (Å²) in [5, 5.41) is 0. The van der Waals surface area contributed by atoms with Gasteiger partial charge >= 0.3 is 0 Å². The zero-order valence-electron chi connectivity index (χ0n) is 10.8. The Bertz CT molecular complexity index is 354. The highest BCUT2D eigenvalue weighted by Gasteiger charge is 2.17. The number of benzene rings is 1. The second-order valence-electron chi connectivity index (χ2n) is 5.02. The molecule has 1 rings (SSSR count). The Balaban J connectivity index is 0.00000289. The number of alkyl halides is 2. The summed E-state index contributed by atoms with van der Waals surface area (Å²) in [4.78, 5) is 0. The average molecular weight is 296 g/mol. The number of hydrogen-bond donors (Lipinski definition) is 1. The number of hydrogen-bond acceptors (Lipinski definition) is 2. The van der Waals surface area contributed by atoms with Gasteiger partial charge in [0.05, 0.1) is 0 Å². The van der Waals surface area contributed by atoms with E-state index in [-0.39, 0.29) is 18.8 Å². The molecule has 0 saturated carbocycles. The smallest absolute Gasteiger partial charge is 0.242 e. The summed E-state index contributed by atoms with van der Waals surface area (Å²) in [7, 11) is -1.62. The second-order valence-corrected chi connectivity index (χ2v) is 9.45. The summed E-state index contributed by atoms with van der Waals surface area (Å²) >= 11 is 0. The van der Waals surface area contributed by atoms with Crippen LogP contribution in [0.25, 0.3) is 0 Å². The number of nitrogens with two attached hydrogens (primary N) is 1. The molecule has 1 aromatic carbocycles. The van der Waals surface area contributed by atoms with E-state index in [1.54, 1.807) is 24.3 Å². The molecule has 0 fully saturated rings. The van der Waals surface area contributed by atoms with Crippen LogP contribution in [-0.4, -0.2) is 14.7 Å². The maximum atomic E-state index is 12.2. The quantitative estimate of drug-likeness (QED) is 0.834. The molecule has 0 aliphatic heterocycles. The van der Waals surface area contributed by atoms with Crippen molar-refractivity contribution < 1.29 is 13.2 Å². The Morgan fingerprint density at radius 3 is 2.06 bits per heavy atom. The van der Waals surface area contributed by atoms with E-state index in [0.29, 0.717) is 5.56 Å². The molecule has 0 unspecified atom stereocenters. The van der Waals surface area contributed by atoms with Crippen molar-refractivity contribution in [2.45, 2.75) is 38.5 Å². The van der Waals surface area contributed by atoms with Crippen molar-refractivity contribution >= 4 is 20.7 Å². The van der Waals surface area contributed by atoms with Crippen LogP contribution < -0.4 is 10.2 Å². The predicted octanol–water partition coefficient (Wildman–Crippen LogP) is 3.98. The third-order valence-electron chi connectivity index (χ3n) is 2.16. The van der Waals surface area contributed by atoms with Crippen LogP contribution in [0.15, 0.2) is 24.3 Å². The van der Waals surface area contributed by atoms with Crippen molar-refractivity contribution in [3.63, 3.8) is 0 Å². The molecule has 104 valence electrons. The fraction of sp³-hybridized carbons (Fsp3) is 0.500. The summed E-state index contributed by atoms with van der Waals surface area (Å²) in [6.45, 7) is 6.26. The predicted molar refractivity (Wildman–Crippen MR) is 75.2 cm³/mol. The summed E-state index contributed by atoms with van der Waals surface area (Å²) in [5.74, 6) is 0.775. The molecule has 6 heteroatoms. The van der Waals surface area contributed by atoms with Gasteiger partial charge < -0.3 is 10.2 Å². The molecule has 0 bridgehead atoms. The van der Waals surface area contributed by atoms with E-state index >= 15 is 0 Å². The normalized spacial score (nSPS) is 13.1. The number of rotatable bonds is 5. The zero-order chi connectivity index (χ0) is 13.1. The number of halogens is 3. The van der Waals surface area contributed by atoms with Crippen molar-refractivity contribution in [2.75, 3.05) is 0 Å². The van der Waals surface area contributed by atoms with Gasteiger partial charge in [0.2, 0.25) is 14.7 Å². The van der Waals surface area contributed by atoms with E-state index in [0.717, 1.165) is 5.75 Å². The van der Waals surface area contributed by atoms with Crippen LogP contribution in [0.1, 0.15) is 18.0 Å². The Labute approximate surface area is 114 Å². The van der Waals surface area contributed by atoms with Crippen LogP contribution in [0.4, 0.5) is 8.78 Å². The molecule has 18 heavy (non-hydrogen) atoms. The molecular formula is C12H20ClF2NOSi. The van der Waals surface area contributed by atoms with Gasteiger partial charge in [0.15, 0.2) is 0 Å². The van der Waals surface area contributed by atoms with E-state index in [1.807, 2.05) is 0 Å². The van der Waals surface area contributed by atoms with Gasteiger partial charge in [-0.05, 0) is 37.3 Å². The highest BCUT2D eigenvalue weighted by Crippen LogP contribution is 2.22. The van der Waals surface area contributed by atoms with Crippen molar-refractivity contribution in [3.05, 3.63) is 29.8 Å². The molecule has 0 saturated heterocycles. The topological polar surface area (TPSA) is 35.2 Å². The molecule has 0 spiro atoms. The van der Waals surface area contributed by atoms with Gasteiger partial charge in [-0.15, -0.1) is 12.4 Å². The fourth-order valence-corrected chi connectivity index (χ4v) is 2.31. The lowest BCUT2D eigenvalue weighted by molar-refractivity contribution is 0.128. The Morgan fingerprint density at radius 1 is 1.17 bits per heavy atom. The SMILES string of the molecule is C[Si](C)(C)Oc1ccc([C@H](N)CC(F)F)cc1.Cl. The summed E-state index contributed by atoms with van der Waals surface area (Å²) in [6, 6.07) is 6.47. The molecule has 0 heterocycles. The monoisotopic (exact) mass is 295 g/mol. The molecule has 2 nitrogen and oxygen atoms in total. The van der Waals surface area contributed by atoms with Gasteiger partial charge in [-0.1, -0.05) is 12.1 Å². The first kappa shape index (κ1) is 17.3. The van der Waals surface area contributed by atoms with Crippen molar-refractivity contribution in [3.8, 4) is 5.75 Å². The van der Waals surface area contributed by atoms with Crippen LogP contribution in [0, 0.1) is 0 Å². The van der Waals surface area contributed by atoms with E-state index in [4.69, 9.17) is 10.2 Å². The maximum absolute atomic E-state index is 12.2. The summed E-state index contributed by atoms with van der Waals surface area (Å²) in [6.07, 6.45) is -2.68. The van der Waals surface area contributed by atoms with Gasteiger partial charge in [-0.2, -0.15) is 0 Å². The van der Waals surface area contributed by atoms with E-state index in [2.05, 4.69) is 19.6 Å². The minimum Gasteiger partial charge on any atom is -0.544 e. The van der Waals surface area contributed by atoms with Gasteiger partial charge in [0.25, 0.3) is 0 Å². The van der Waals surface area contributed by atoms with Crippen molar-refractivity contribution in [1.82, 2.24) is 0 Å². The van der Waals surface area contributed by atoms with Crippen LogP contribution >= 0.6 is 12.4 Å². The molecule has 0 amide bonds. The van der Waals surface area contributed by atoms with Crippen LogP contribution in [0.5, 0.6) is 5.75 Å². The van der Waals surface area contributed by atoms with Gasteiger partial charge in [-0.25, -0.2) is 8.78 Å². The Morgan fingerprint density at radius 2 is 1.67 bits per heavy atom. The lowest BCUT2D eigenvalue weighted by Crippen LogP contribution is -2.29. The fourth-order valence-electron chi connectivity index (χ4n) is 1.46. The minimum atomic E-state index is -2.37. The highest BCUT2D eigenvalue weighted by molar-refractivity contribution is 6.70. The highest BCUT2D eigenvalue weighted by atomic mass is 35.5. The zero-order valence-corrected chi connectivity index (χ0v) is 12.6. The molecule has 2 N–H and O–H groups in total. The van der Waals surface area contributed by atoms with Gasteiger partial charge in [0.1, 0.15) is 5.75 Å². The molecule has 0 aliphatic rings. The first-order chi connectivity index (χ1) is 7.78. The van der Waals surface area contributed by atoms with E-state index in [1.165, 1.54) is 0 Å². The van der Waals surface area contributed by atoms with Gasteiger partial charge in [-0.3, -0.25) is 0 Å². The van der Waals surface area contributed by atoms with E-state index in [9.17, 15) is 8.78 Å². The van der Waals surface area contributed by atoms with Crippen molar-refractivity contribution in [2.24, 2.45) is 5.73 Å². The third kappa shape index (κ3) is 6.33.